The van der Waals surface area contributed by atoms with Crippen LogP contribution in [0.3, 0.4) is 0 Å². The fraction of sp³-hybridized carbons (Fsp3) is 0.154. The molecule has 1 aliphatic rings. The van der Waals surface area contributed by atoms with Crippen LogP contribution < -0.4 is 15.4 Å². The Hall–Kier alpha value is -4.00. The second-order valence-corrected chi connectivity index (χ2v) is 7.65. The molecule has 1 fully saturated rings. The van der Waals surface area contributed by atoms with Gasteiger partial charge in [-0.05, 0) is 60.4 Å². The summed E-state index contributed by atoms with van der Waals surface area (Å²) in [6.45, 7) is -2.90. The van der Waals surface area contributed by atoms with Crippen molar-refractivity contribution in [2.24, 2.45) is 0 Å². The van der Waals surface area contributed by atoms with Crippen molar-refractivity contribution in [1.29, 1.82) is 0 Å². The smallest absolute Gasteiger partial charge is 0.387 e. The summed E-state index contributed by atoms with van der Waals surface area (Å²) in [6, 6.07) is 22.1. The summed E-state index contributed by atoms with van der Waals surface area (Å²) < 4.78 is 29.2. The lowest BCUT2D eigenvalue weighted by Gasteiger charge is -2.11. The van der Waals surface area contributed by atoms with E-state index in [-0.39, 0.29) is 23.6 Å². The molecule has 168 valence electrons. The van der Waals surface area contributed by atoms with Gasteiger partial charge < -0.3 is 15.4 Å². The zero-order chi connectivity index (χ0) is 23.2. The number of carbonyl (C=O) groups excluding carboxylic acids is 2. The Morgan fingerprint density at radius 3 is 2.27 bits per heavy atom. The van der Waals surface area contributed by atoms with Gasteiger partial charge in [-0.25, -0.2) is 0 Å². The normalized spacial score (nSPS) is 13.5. The largest absolute Gasteiger partial charge is 0.435 e. The summed E-state index contributed by atoms with van der Waals surface area (Å²) in [4.78, 5) is 25.5. The number of benzene rings is 3. The van der Waals surface area contributed by atoms with Crippen molar-refractivity contribution < 1.29 is 23.1 Å². The first-order chi connectivity index (χ1) is 16.0. The zero-order valence-electron chi connectivity index (χ0n) is 17.6. The standard InChI is InChI=1S/C26H22F2N2O3/c27-26(28)33-22-13-9-17(10-14-22)15-23(18-5-2-1-3-6-18)25(32)30-21-8-4-7-19(16-21)24(31)29-20-11-12-20/h1-10,13-16,20,26H,11-12H2,(H,29,31)(H,30,32)/b23-15+. The van der Waals surface area contributed by atoms with E-state index in [1.165, 1.54) is 12.1 Å². The van der Waals surface area contributed by atoms with Gasteiger partial charge in [-0.1, -0.05) is 48.5 Å². The van der Waals surface area contributed by atoms with E-state index in [4.69, 9.17) is 0 Å². The number of hydrogen-bond acceptors (Lipinski definition) is 3. The molecule has 0 heterocycles. The lowest BCUT2D eigenvalue weighted by Crippen LogP contribution is -2.25. The van der Waals surface area contributed by atoms with E-state index in [2.05, 4.69) is 15.4 Å². The third kappa shape index (κ3) is 6.26. The van der Waals surface area contributed by atoms with Crippen molar-refractivity contribution in [2.75, 3.05) is 5.32 Å². The number of hydrogen-bond donors (Lipinski definition) is 2. The number of rotatable bonds is 8. The maximum atomic E-state index is 13.2. The van der Waals surface area contributed by atoms with Crippen LogP contribution in [0.25, 0.3) is 11.6 Å². The molecule has 7 heteroatoms. The van der Waals surface area contributed by atoms with Crippen molar-refractivity contribution in [3.05, 3.63) is 95.6 Å². The van der Waals surface area contributed by atoms with Crippen LogP contribution in [0.2, 0.25) is 0 Å². The van der Waals surface area contributed by atoms with Crippen LogP contribution in [0.15, 0.2) is 78.9 Å². The highest BCUT2D eigenvalue weighted by atomic mass is 19.3. The molecule has 2 N–H and O–H groups in total. The first kappa shape index (κ1) is 22.2. The second kappa shape index (κ2) is 10.1. The Bertz CT molecular complexity index is 1160. The first-order valence-electron chi connectivity index (χ1n) is 10.5. The first-order valence-corrected chi connectivity index (χ1v) is 10.5. The second-order valence-electron chi connectivity index (χ2n) is 7.65. The number of alkyl halides is 2. The van der Waals surface area contributed by atoms with E-state index in [1.807, 2.05) is 18.2 Å². The van der Waals surface area contributed by atoms with Gasteiger partial charge in [-0.3, -0.25) is 9.59 Å². The monoisotopic (exact) mass is 448 g/mol. The minimum absolute atomic E-state index is 0.0363. The Kier molecular flexibility index (Phi) is 6.78. The average Bonchev–Trinajstić information content (AvgIpc) is 3.63. The summed E-state index contributed by atoms with van der Waals surface area (Å²) in [5.74, 6) is -0.499. The molecule has 4 rings (SSSR count). The average molecular weight is 448 g/mol. The van der Waals surface area contributed by atoms with Gasteiger partial charge in [0, 0.05) is 22.9 Å². The summed E-state index contributed by atoms with van der Waals surface area (Å²) in [5, 5.41) is 5.78. The van der Waals surface area contributed by atoms with Gasteiger partial charge in [0.15, 0.2) is 0 Å². The van der Waals surface area contributed by atoms with Crippen LogP contribution in [-0.2, 0) is 4.79 Å². The topological polar surface area (TPSA) is 67.4 Å². The fourth-order valence-electron chi connectivity index (χ4n) is 3.24. The maximum absolute atomic E-state index is 13.2. The number of halogens is 2. The third-order valence-corrected chi connectivity index (χ3v) is 5.04. The van der Waals surface area contributed by atoms with Crippen LogP contribution in [0.1, 0.15) is 34.3 Å². The molecule has 0 aromatic heterocycles. The molecule has 3 aromatic rings. The van der Waals surface area contributed by atoms with Crippen LogP contribution in [0.4, 0.5) is 14.5 Å². The van der Waals surface area contributed by atoms with Crippen molar-refractivity contribution in [2.45, 2.75) is 25.5 Å². The van der Waals surface area contributed by atoms with E-state index in [9.17, 15) is 18.4 Å². The van der Waals surface area contributed by atoms with E-state index in [0.717, 1.165) is 12.8 Å². The van der Waals surface area contributed by atoms with Gasteiger partial charge in [0.25, 0.3) is 11.8 Å². The van der Waals surface area contributed by atoms with E-state index < -0.39 is 6.61 Å². The van der Waals surface area contributed by atoms with Crippen LogP contribution in [0.5, 0.6) is 5.75 Å². The van der Waals surface area contributed by atoms with Crippen LogP contribution in [0, 0.1) is 0 Å². The minimum atomic E-state index is -2.90. The fourth-order valence-corrected chi connectivity index (χ4v) is 3.24. The van der Waals surface area contributed by atoms with Gasteiger partial charge in [0.05, 0.1) is 0 Å². The van der Waals surface area contributed by atoms with Gasteiger partial charge in [-0.15, -0.1) is 0 Å². The molecule has 0 spiro atoms. The van der Waals surface area contributed by atoms with Crippen molar-refractivity contribution in [1.82, 2.24) is 5.32 Å². The quantitative estimate of drug-likeness (QED) is 0.360. The minimum Gasteiger partial charge on any atom is -0.435 e. The van der Waals surface area contributed by atoms with Crippen molar-refractivity contribution in [3.8, 4) is 5.75 Å². The van der Waals surface area contributed by atoms with E-state index >= 15 is 0 Å². The molecule has 0 saturated heterocycles. The molecule has 0 bridgehead atoms. The van der Waals surface area contributed by atoms with E-state index in [0.29, 0.717) is 28.0 Å². The molecular weight excluding hydrogens is 426 g/mol. The van der Waals surface area contributed by atoms with E-state index in [1.54, 1.807) is 54.6 Å². The molecule has 3 aromatic carbocycles. The molecule has 33 heavy (non-hydrogen) atoms. The molecule has 1 saturated carbocycles. The molecular formula is C26H22F2N2O3. The highest BCUT2D eigenvalue weighted by Gasteiger charge is 2.24. The molecule has 0 unspecified atom stereocenters. The highest BCUT2D eigenvalue weighted by molar-refractivity contribution is 6.29. The molecule has 0 atom stereocenters. The maximum Gasteiger partial charge on any atom is 0.387 e. The van der Waals surface area contributed by atoms with Gasteiger partial charge >= 0.3 is 6.61 Å². The molecule has 0 aliphatic heterocycles. The third-order valence-electron chi connectivity index (χ3n) is 5.04. The summed E-state index contributed by atoms with van der Waals surface area (Å²) in [7, 11) is 0. The Morgan fingerprint density at radius 2 is 1.61 bits per heavy atom. The Morgan fingerprint density at radius 1 is 0.909 bits per heavy atom. The van der Waals surface area contributed by atoms with Gasteiger partial charge in [0.2, 0.25) is 0 Å². The van der Waals surface area contributed by atoms with Gasteiger partial charge in [0.1, 0.15) is 5.75 Å². The zero-order valence-corrected chi connectivity index (χ0v) is 17.6. The predicted molar refractivity (Wildman–Crippen MR) is 123 cm³/mol. The molecule has 5 nitrogen and oxygen atoms in total. The number of ether oxygens (including phenoxy) is 1. The Labute approximate surface area is 190 Å². The lowest BCUT2D eigenvalue weighted by atomic mass is 10.0. The number of carbonyl (C=O) groups is 2. The Balaban J connectivity index is 1.57. The van der Waals surface area contributed by atoms with Crippen molar-refractivity contribution in [3.63, 3.8) is 0 Å². The van der Waals surface area contributed by atoms with Crippen LogP contribution >= 0.6 is 0 Å². The van der Waals surface area contributed by atoms with Gasteiger partial charge in [-0.2, -0.15) is 8.78 Å². The summed E-state index contributed by atoms with van der Waals surface area (Å²) in [5.41, 5.74) is 2.67. The highest BCUT2D eigenvalue weighted by Crippen LogP contribution is 2.24. The molecule has 0 radical (unpaired) electrons. The lowest BCUT2D eigenvalue weighted by molar-refractivity contribution is -0.111. The summed E-state index contributed by atoms with van der Waals surface area (Å²) in [6.07, 6.45) is 3.64. The molecule has 1 aliphatic carbocycles. The summed E-state index contributed by atoms with van der Waals surface area (Å²) >= 11 is 0. The molecule has 2 amide bonds. The van der Waals surface area contributed by atoms with Crippen molar-refractivity contribution >= 4 is 29.2 Å². The predicted octanol–water partition coefficient (Wildman–Crippen LogP) is 5.36. The van der Waals surface area contributed by atoms with Crippen LogP contribution in [-0.4, -0.2) is 24.5 Å². The SMILES string of the molecule is O=C(Nc1cccc(C(=O)NC2CC2)c1)/C(=C/c1ccc(OC(F)F)cc1)c1ccccc1. The number of anilines is 1. The number of nitrogens with one attached hydrogen (secondary N) is 2. The number of amides is 2.